The summed E-state index contributed by atoms with van der Waals surface area (Å²) in [5, 5.41) is 8.34. The van der Waals surface area contributed by atoms with Gasteiger partial charge < -0.3 is 4.74 Å². The second kappa shape index (κ2) is 4.20. The van der Waals surface area contributed by atoms with E-state index in [1.807, 2.05) is 0 Å². The standard InChI is InChI=1S/C8H5ClF2N2O/c1-14-7-4(8(10)11)3-13-5(2-12)6(7)9/h3,8H,1H3. The SMILES string of the molecule is COc1c(C(F)F)cnc(C#N)c1Cl. The summed E-state index contributed by atoms with van der Waals surface area (Å²) in [6.45, 7) is 0. The minimum Gasteiger partial charge on any atom is -0.495 e. The number of rotatable bonds is 2. The van der Waals surface area contributed by atoms with Crippen molar-refractivity contribution in [3.63, 3.8) is 0 Å². The molecule has 0 fully saturated rings. The predicted molar refractivity (Wildman–Crippen MR) is 45.5 cm³/mol. The highest BCUT2D eigenvalue weighted by atomic mass is 35.5. The second-order valence-corrected chi connectivity index (χ2v) is 2.70. The summed E-state index contributed by atoms with van der Waals surface area (Å²) in [4.78, 5) is 3.47. The quantitative estimate of drug-likeness (QED) is 0.766. The van der Waals surface area contributed by atoms with E-state index in [0.717, 1.165) is 6.20 Å². The average Bonchev–Trinajstić information content (AvgIpc) is 2.17. The van der Waals surface area contributed by atoms with Crippen molar-refractivity contribution in [1.29, 1.82) is 5.26 Å². The topological polar surface area (TPSA) is 45.9 Å². The van der Waals surface area contributed by atoms with Crippen molar-refractivity contribution in [2.24, 2.45) is 0 Å². The number of aromatic nitrogens is 1. The Labute approximate surface area is 83.9 Å². The summed E-state index contributed by atoms with van der Waals surface area (Å²) in [6, 6.07) is 1.67. The molecule has 0 spiro atoms. The van der Waals surface area contributed by atoms with Crippen LogP contribution in [0.2, 0.25) is 5.02 Å². The second-order valence-electron chi connectivity index (χ2n) is 2.32. The first kappa shape index (κ1) is 10.7. The maximum absolute atomic E-state index is 12.4. The summed E-state index contributed by atoms with van der Waals surface area (Å²) < 4.78 is 29.4. The van der Waals surface area contributed by atoms with E-state index in [1.54, 1.807) is 6.07 Å². The Balaban J connectivity index is 3.38. The summed E-state index contributed by atoms with van der Waals surface area (Å²) >= 11 is 5.61. The molecule has 0 aliphatic heterocycles. The number of nitrogens with zero attached hydrogens (tertiary/aromatic N) is 2. The number of hydrogen-bond acceptors (Lipinski definition) is 3. The van der Waals surface area contributed by atoms with Gasteiger partial charge in [0.05, 0.1) is 12.7 Å². The summed E-state index contributed by atoms with van der Waals surface area (Å²) in [5.41, 5.74) is -0.551. The van der Waals surface area contributed by atoms with E-state index in [1.165, 1.54) is 7.11 Å². The number of ether oxygens (including phenoxy) is 1. The van der Waals surface area contributed by atoms with Crippen LogP contribution in [0.25, 0.3) is 0 Å². The van der Waals surface area contributed by atoms with Gasteiger partial charge in [0.2, 0.25) is 0 Å². The van der Waals surface area contributed by atoms with Gasteiger partial charge >= 0.3 is 0 Å². The molecule has 0 atom stereocenters. The lowest BCUT2D eigenvalue weighted by Crippen LogP contribution is -1.97. The lowest BCUT2D eigenvalue weighted by atomic mass is 10.2. The highest BCUT2D eigenvalue weighted by Gasteiger charge is 2.19. The van der Waals surface area contributed by atoms with Crippen LogP contribution in [0.15, 0.2) is 6.20 Å². The maximum atomic E-state index is 12.4. The van der Waals surface area contributed by atoms with Crippen molar-refractivity contribution in [3.8, 4) is 11.8 Å². The van der Waals surface area contributed by atoms with E-state index in [2.05, 4.69) is 9.72 Å². The third-order valence-corrected chi connectivity index (χ3v) is 1.90. The van der Waals surface area contributed by atoms with Crippen LogP contribution in [0.4, 0.5) is 8.78 Å². The monoisotopic (exact) mass is 218 g/mol. The van der Waals surface area contributed by atoms with E-state index >= 15 is 0 Å². The van der Waals surface area contributed by atoms with Gasteiger partial charge in [-0.05, 0) is 0 Å². The van der Waals surface area contributed by atoms with Crippen LogP contribution in [0.1, 0.15) is 17.7 Å². The van der Waals surface area contributed by atoms with Gasteiger partial charge in [0.25, 0.3) is 6.43 Å². The van der Waals surface area contributed by atoms with E-state index < -0.39 is 12.0 Å². The number of methoxy groups -OCH3 is 1. The summed E-state index contributed by atoms with van der Waals surface area (Å²) in [7, 11) is 1.20. The summed E-state index contributed by atoms with van der Waals surface area (Å²) in [6.07, 6.45) is -1.85. The molecule has 3 nitrogen and oxygen atoms in total. The molecule has 0 aromatic carbocycles. The minimum absolute atomic E-state index is 0.132. The fourth-order valence-electron chi connectivity index (χ4n) is 0.925. The van der Waals surface area contributed by atoms with Crippen LogP contribution in [-0.2, 0) is 0 Å². The molecule has 6 heteroatoms. The first-order valence-corrected chi connectivity index (χ1v) is 3.90. The molecule has 1 aromatic rings. The fraction of sp³-hybridized carbons (Fsp3) is 0.250. The fourth-order valence-corrected chi connectivity index (χ4v) is 1.20. The molecule has 1 aromatic heterocycles. The Kier molecular flexibility index (Phi) is 3.20. The van der Waals surface area contributed by atoms with Crippen molar-refractivity contribution in [2.75, 3.05) is 7.11 Å². The zero-order valence-corrected chi connectivity index (χ0v) is 7.85. The van der Waals surface area contributed by atoms with Crippen LogP contribution in [0.3, 0.4) is 0 Å². The van der Waals surface area contributed by atoms with Crippen LogP contribution in [-0.4, -0.2) is 12.1 Å². The van der Waals surface area contributed by atoms with Crippen molar-refractivity contribution in [3.05, 3.63) is 22.5 Å². The van der Waals surface area contributed by atoms with Gasteiger partial charge in [0, 0.05) is 6.20 Å². The van der Waals surface area contributed by atoms with Gasteiger partial charge in [-0.2, -0.15) is 5.26 Å². The molecule has 0 aliphatic rings. The first-order chi connectivity index (χ1) is 6.61. The molecule has 14 heavy (non-hydrogen) atoms. The maximum Gasteiger partial charge on any atom is 0.268 e. The van der Waals surface area contributed by atoms with Gasteiger partial charge in [-0.3, -0.25) is 0 Å². The number of pyridine rings is 1. The molecule has 0 saturated heterocycles. The highest BCUT2D eigenvalue weighted by molar-refractivity contribution is 6.33. The van der Waals surface area contributed by atoms with Crippen LogP contribution in [0.5, 0.6) is 5.75 Å². The van der Waals surface area contributed by atoms with Crippen LogP contribution in [0, 0.1) is 11.3 Å². The highest BCUT2D eigenvalue weighted by Crippen LogP contribution is 2.35. The molecule has 1 rings (SSSR count). The van der Waals surface area contributed by atoms with Gasteiger partial charge in [-0.1, -0.05) is 11.6 Å². The molecule has 1 heterocycles. The van der Waals surface area contributed by atoms with E-state index in [9.17, 15) is 8.78 Å². The van der Waals surface area contributed by atoms with Gasteiger partial charge in [-0.15, -0.1) is 0 Å². The number of hydrogen-bond donors (Lipinski definition) is 0. The largest absolute Gasteiger partial charge is 0.495 e. The Morgan fingerprint density at radius 2 is 2.29 bits per heavy atom. The van der Waals surface area contributed by atoms with Crippen LogP contribution < -0.4 is 4.74 Å². The Bertz CT molecular complexity index is 390. The van der Waals surface area contributed by atoms with Crippen molar-refractivity contribution < 1.29 is 13.5 Å². The van der Waals surface area contributed by atoms with Crippen molar-refractivity contribution in [1.82, 2.24) is 4.98 Å². The molecule has 74 valence electrons. The average molecular weight is 219 g/mol. The number of halogens is 3. The van der Waals surface area contributed by atoms with Gasteiger partial charge in [-0.25, -0.2) is 13.8 Å². The smallest absolute Gasteiger partial charge is 0.268 e. The first-order valence-electron chi connectivity index (χ1n) is 3.52. The third kappa shape index (κ3) is 1.75. The molecule has 0 bridgehead atoms. The molecule has 0 unspecified atom stereocenters. The molecule has 0 saturated carbocycles. The van der Waals surface area contributed by atoms with E-state index in [4.69, 9.17) is 16.9 Å². The molecule has 0 amide bonds. The normalized spacial score (nSPS) is 10.0. The van der Waals surface area contributed by atoms with Gasteiger partial charge in [0.15, 0.2) is 11.4 Å². The molecular weight excluding hydrogens is 214 g/mol. The molecule has 0 aliphatic carbocycles. The van der Waals surface area contributed by atoms with E-state index in [0.29, 0.717) is 0 Å². The molecule has 0 radical (unpaired) electrons. The number of alkyl halides is 2. The Morgan fingerprint density at radius 1 is 1.64 bits per heavy atom. The van der Waals surface area contributed by atoms with Crippen molar-refractivity contribution >= 4 is 11.6 Å². The lowest BCUT2D eigenvalue weighted by Gasteiger charge is -2.09. The lowest BCUT2D eigenvalue weighted by molar-refractivity contribution is 0.146. The van der Waals surface area contributed by atoms with Crippen LogP contribution >= 0.6 is 11.6 Å². The number of nitriles is 1. The third-order valence-electron chi connectivity index (χ3n) is 1.55. The van der Waals surface area contributed by atoms with E-state index in [-0.39, 0.29) is 16.5 Å². The Hall–Kier alpha value is -1.41. The van der Waals surface area contributed by atoms with Crippen molar-refractivity contribution in [2.45, 2.75) is 6.43 Å². The molecular formula is C8H5ClF2N2O. The summed E-state index contributed by atoms with van der Waals surface area (Å²) in [5.74, 6) is -0.201. The predicted octanol–water partition coefficient (Wildman–Crippen LogP) is 2.55. The zero-order valence-electron chi connectivity index (χ0n) is 7.09. The molecule has 0 N–H and O–H groups in total. The minimum atomic E-state index is -2.73. The zero-order chi connectivity index (χ0) is 10.7. The Morgan fingerprint density at radius 3 is 2.71 bits per heavy atom. The van der Waals surface area contributed by atoms with Gasteiger partial charge in [0.1, 0.15) is 11.1 Å².